The third-order valence-electron chi connectivity index (χ3n) is 7.15. The fraction of sp³-hybridized carbons (Fsp3) is 0.467. The van der Waals surface area contributed by atoms with Gasteiger partial charge in [-0.2, -0.15) is 0 Å². The highest BCUT2D eigenvalue weighted by molar-refractivity contribution is 6.07. The molecule has 0 spiro atoms. The van der Waals surface area contributed by atoms with Crippen LogP contribution in [0.5, 0.6) is 0 Å². The van der Waals surface area contributed by atoms with Crippen molar-refractivity contribution in [3.8, 4) is 0 Å². The Labute approximate surface area is 217 Å². The number of rotatable bonds is 12. The van der Waals surface area contributed by atoms with Crippen LogP contribution < -0.4 is 10.6 Å². The molecule has 0 bridgehead atoms. The molecule has 7 heteroatoms. The lowest BCUT2D eigenvalue weighted by atomic mass is 10.1. The van der Waals surface area contributed by atoms with E-state index in [9.17, 15) is 0 Å². The average molecular weight is 506 g/mol. The molecule has 1 aliphatic rings. The van der Waals surface area contributed by atoms with Gasteiger partial charge in [-0.1, -0.05) is 56.5 Å². The van der Waals surface area contributed by atoms with Crippen molar-refractivity contribution in [2.45, 2.75) is 78.4 Å². The number of unbranched alkanes of at least 4 members (excludes halogenated alkanes) is 1. The molecule has 0 atom stereocenters. The number of hydrogen-bond acceptors (Lipinski definition) is 4. The van der Waals surface area contributed by atoms with Crippen LogP contribution >= 0.6 is 0 Å². The quantitative estimate of drug-likeness (QED) is 0.204. The third-order valence-corrected chi connectivity index (χ3v) is 7.15. The van der Waals surface area contributed by atoms with E-state index < -0.39 is 11.6 Å². The summed E-state index contributed by atoms with van der Waals surface area (Å²) in [6.45, 7) is 7.66. The molecular formula is C30H37F2N5. The number of halogens is 2. The first kappa shape index (κ1) is 25.6. The first-order valence-electron chi connectivity index (χ1n) is 13.7. The molecule has 196 valence electrons. The Morgan fingerprint density at radius 1 is 1.03 bits per heavy atom. The van der Waals surface area contributed by atoms with Crippen LogP contribution in [0.25, 0.3) is 21.9 Å². The van der Waals surface area contributed by atoms with E-state index in [1.807, 2.05) is 24.3 Å². The summed E-state index contributed by atoms with van der Waals surface area (Å²) in [6.07, 6.45) is 6.43. The largest absolute Gasteiger partial charge is 0.366 e. The zero-order valence-corrected chi connectivity index (χ0v) is 22.1. The minimum absolute atomic E-state index is 0.179. The van der Waals surface area contributed by atoms with Gasteiger partial charge in [0.15, 0.2) is 17.5 Å². The summed E-state index contributed by atoms with van der Waals surface area (Å²) in [5.74, 6) is 0.867. The highest BCUT2D eigenvalue weighted by atomic mass is 19.2. The molecule has 0 saturated heterocycles. The van der Waals surface area contributed by atoms with Crippen LogP contribution in [-0.4, -0.2) is 27.1 Å². The first-order valence-corrected chi connectivity index (χ1v) is 13.7. The lowest BCUT2D eigenvalue weighted by Gasteiger charge is -2.15. The predicted molar refractivity (Wildman–Crippen MR) is 147 cm³/mol. The number of aryl methyl sites for hydroxylation is 1. The Kier molecular flexibility index (Phi) is 7.70. The lowest BCUT2D eigenvalue weighted by molar-refractivity contribution is 0.479. The van der Waals surface area contributed by atoms with Gasteiger partial charge < -0.3 is 15.2 Å². The number of aromatic nitrogens is 3. The van der Waals surface area contributed by atoms with Crippen LogP contribution in [-0.2, 0) is 19.5 Å². The van der Waals surface area contributed by atoms with Crippen molar-refractivity contribution in [2.24, 2.45) is 5.92 Å². The third kappa shape index (κ3) is 5.61. The summed E-state index contributed by atoms with van der Waals surface area (Å²) in [7, 11) is 0. The monoisotopic (exact) mass is 505 g/mol. The molecule has 0 radical (unpaired) electrons. The smallest absolute Gasteiger partial charge is 0.164 e. The normalized spacial score (nSPS) is 13.8. The molecule has 2 aromatic carbocycles. The van der Waals surface area contributed by atoms with E-state index in [0.717, 1.165) is 71.7 Å². The number of imidazole rings is 1. The minimum Gasteiger partial charge on any atom is -0.366 e. The fourth-order valence-electron chi connectivity index (χ4n) is 4.95. The zero-order chi connectivity index (χ0) is 25.9. The molecule has 5 nitrogen and oxygen atoms in total. The van der Waals surface area contributed by atoms with Gasteiger partial charge in [-0.3, -0.25) is 0 Å². The van der Waals surface area contributed by atoms with Gasteiger partial charge in [0, 0.05) is 35.5 Å². The Morgan fingerprint density at radius 3 is 2.54 bits per heavy atom. The summed E-state index contributed by atoms with van der Waals surface area (Å²) in [4.78, 5) is 9.85. The SMILES string of the molecule is CCCCc1nc2c(NC(C)C)nc3ccccc3c2n1Cc1ccc(CNCCC2CC2)c(F)c1F. The molecule has 2 aromatic heterocycles. The van der Waals surface area contributed by atoms with Gasteiger partial charge in [-0.15, -0.1) is 0 Å². The Hall–Kier alpha value is -3.06. The maximum atomic E-state index is 15.4. The van der Waals surface area contributed by atoms with Crippen molar-refractivity contribution in [1.29, 1.82) is 0 Å². The van der Waals surface area contributed by atoms with E-state index in [0.29, 0.717) is 17.7 Å². The lowest BCUT2D eigenvalue weighted by Crippen LogP contribution is -2.17. The van der Waals surface area contributed by atoms with E-state index in [-0.39, 0.29) is 12.6 Å². The number of benzene rings is 2. The highest BCUT2D eigenvalue weighted by Gasteiger charge is 2.22. The molecular weight excluding hydrogens is 468 g/mol. The molecule has 1 fully saturated rings. The molecule has 1 aliphatic carbocycles. The van der Waals surface area contributed by atoms with Crippen LogP contribution in [0.3, 0.4) is 0 Å². The topological polar surface area (TPSA) is 54.8 Å². The van der Waals surface area contributed by atoms with E-state index in [1.54, 1.807) is 12.1 Å². The van der Waals surface area contributed by atoms with Crippen LogP contribution in [0.2, 0.25) is 0 Å². The van der Waals surface area contributed by atoms with Gasteiger partial charge in [0.25, 0.3) is 0 Å². The first-order chi connectivity index (χ1) is 18.0. The number of fused-ring (bicyclic) bond motifs is 3. The van der Waals surface area contributed by atoms with Crippen LogP contribution in [0, 0.1) is 17.6 Å². The summed E-state index contributed by atoms with van der Waals surface area (Å²) < 4.78 is 32.6. The van der Waals surface area contributed by atoms with Gasteiger partial charge in [-0.25, -0.2) is 18.7 Å². The second kappa shape index (κ2) is 11.1. The molecule has 2 heterocycles. The number of para-hydroxylation sites is 1. The van der Waals surface area contributed by atoms with Crippen LogP contribution in [0.15, 0.2) is 36.4 Å². The van der Waals surface area contributed by atoms with Crippen LogP contribution in [0.1, 0.15) is 69.8 Å². The Balaban J connectivity index is 1.54. The van der Waals surface area contributed by atoms with Crippen molar-refractivity contribution < 1.29 is 8.78 Å². The number of nitrogens with one attached hydrogen (secondary N) is 2. The predicted octanol–water partition coefficient (Wildman–Crippen LogP) is 6.96. The second-order valence-electron chi connectivity index (χ2n) is 10.6. The van der Waals surface area contributed by atoms with Gasteiger partial charge in [0.2, 0.25) is 0 Å². The van der Waals surface area contributed by atoms with Crippen molar-refractivity contribution in [2.75, 3.05) is 11.9 Å². The molecule has 1 saturated carbocycles. The van der Waals surface area contributed by atoms with Crippen LogP contribution in [0.4, 0.5) is 14.6 Å². The molecule has 37 heavy (non-hydrogen) atoms. The van der Waals surface area contributed by atoms with E-state index in [4.69, 9.17) is 9.97 Å². The van der Waals surface area contributed by atoms with Crippen molar-refractivity contribution in [3.05, 3.63) is 65.0 Å². The molecule has 4 aromatic rings. The minimum atomic E-state index is -0.774. The second-order valence-corrected chi connectivity index (χ2v) is 10.6. The number of pyridine rings is 1. The fourth-order valence-corrected chi connectivity index (χ4v) is 4.95. The zero-order valence-electron chi connectivity index (χ0n) is 22.1. The van der Waals surface area contributed by atoms with E-state index in [1.165, 1.54) is 12.8 Å². The number of anilines is 1. The molecule has 0 amide bonds. The molecule has 0 unspecified atom stereocenters. The highest BCUT2D eigenvalue weighted by Crippen LogP contribution is 2.33. The summed E-state index contributed by atoms with van der Waals surface area (Å²) in [5.41, 5.74) is 3.23. The Bertz CT molecular complexity index is 1390. The van der Waals surface area contributed by atoms with Crippen molar-refractivity contribution >= 4 is 27.8 Å². The maximum Gasteiger partial charge on any atom is 0.164 e. The van der Waals surface area contributed by atoms with Gasteiger partial charge in [-0.05, 0) is 45.2 Å². The molecule has 5 rings (SSSR count). The molecule has 2 N–H and O–H groups in total. The molecule has 0 aliphatic heterocycles. The number of hydrogen-bond donors (Lipinski definition) is 2. The Morgan fingerprint density at radius 2 is 1.78 bits per heavy atom. The standard InChI is InChI=1S/C30H37F2N5/c1-4-5-10-25-36-28-29(23-8-6-7-9-24(23)35-30(28)34-19(2)3)37(25)18-22-14-13-21(26(31)27(22)32)17-33-16-15-20-11-12-20/h6-9,13-14,19-20,33H,4-5,10-12,15-18H2,1-3H3,(H,34,35). The number of nitrogens with zero attached hydrogens (tertiary/aromatic N) is 3. The van der Waals surface area contributed by atoms with Gasteiger partial charge >= 0.3 is 0 Å². The van der Waals surface area contributed by atoms with E-state index >= 15 is 8.78 Å². The van der Waals surface area contributed by atoms with Crippen molar-refractivity contribution in [3.63, 3.8) is 0 Å². The average Bonchev–Trinajstić information content (AvgIpc) is 3.64. The van der Waals surface area contributed by atoms with Gasteiger partial charge in [0.05, 0.1) is 17.6 Å². The van der Waals surface area contributed by atoms with Crippen molar-refractivity contribution in [1.82, 2.24) is 19.9 Å². The summed E-state index contributed by atoms with van der Waals surface area (Å²) >= 11 is 0. The van der Waals surface area contributed by atoms with E-state index in [2.05, 4.69) is 36.0 Å². The van der Waals surface area contributed by atoms with Gasteiger partial charge in [0.1, 0.15) is 11.3 Å². The summed E-state index contributed by atoms with van der Waals surface area (Å²) in [5, 5.41) is 7.66. The summed E-state index contributed by atoms with van der Waals surface area (Å²) in [6, 6.07) is 11.6. The maximum absolute atomic E-state index is 15.4.